The molecular formula is C19H28O5. The Morgan fingerprint density at radius 2 is 1.96 bits per heavy atom. The number of aliphatic hydroxyl groups excluding tert-OH is 1. The molecule has 1 aliphatic heterocycles. The lowest BCUT2D eigenvalue weighted by Gasteiger charge is -2.36. The van der Waals surface area contributed by atoms with E-state index in [1.807, 2.05) is 44.2 Å². The maximum absolute atomic E-state index is 9.57. The molecule has 5 nitrogen and oxygen atoms in total. The standard InChI is InChI=1S/C19H28O5/c1-4-22-18-12-15(13-19(2,14-20)24-18)6-5-11-23-17-9-7-16(21-3)8-10-17/h7-10,12,18,20H,4-6,11,13-14H2,1-3H3/t18-,19-/m0/s1. The smallest absolute Gasteiger partial charge is 0.177 e. The monoisotopic (exact) mass is 336 g/mol. The van der Waals surface area contributed by atoms with Crippen molar-refractivity contribution in [2.24, 2.45) is 0 Å². The minimum absolute atomic E-state index is 0.0176. The number of aliphatic hydroxyl groups is 1. The van der Waals surface area contributed by atoms with Gasteiger partial charge in [-0.25, -0.2) is 0 Å². The third-order valence-electron chi connectivity index (χ3n) is 4.01. The van der Waals surface area contributed by atoms with Gasteiger partial charge in [-0.3, -0.25) is 0 Å². The van der Waals surface area contributed by atoms with Crippen LogP contribution in [0.3, 0.4) is 0 Å². The van der Waals surface area contributed by atoms with Crippen molar-refractivity contribution in [2.45, 2.75) is 45.0 Å². The van der Waals surface area contributed by atoms with E-state index in [1.165, 1.54) is 5.57 Å². The van der Waals surface area contributed by atoms with Crippen molar-refractivity contribution in [3.8, 4) is 11.5 Å². The van der Waals surface area contributed by atoms with Gasteiger partial charge in [-0.2, -0.15) is 0 Å². The molecule has 24 heavy (non-hydrogen) atoms. The van der Waals surface area contributed by atoms with Crippen LogP contribution in [0.5, 0.6) is 11.5 Å². The molecule has 134 valence electrons. The Kier molecular flexibility index (Phi) is 7.09. The third kappa shape index (κ3) is 5.51. The van der Waals surface area contributed by atoms with Crippen molar-refractivity contribution in [3.63, 3.8) is 0 Å². The average Bonchev–Trinajstić information content (AvgIpc) is 2.59. The quantitative estimate of drug-likeness (QED) is 0.554. The van der Waals surface area contributed by atoms with Crippen LogP contribution in [0.4, 0.5) is 0 Å². The fraction of sp³-hybridized carbons (Fsp3) is 0.579. The Labute approximate surface area is 144 Å². The van der Waals surface area contributed by atoms with E-state index < -0.39 is 5.60 Å². The number of hydrogen-bond acceptors (Lipinski definition) is 5. The zero-order valence-electron chi connectivity index (χ0n) is 14.8. The van der Waals surface area contributed by atoms with Crippen LogP contribution < -0.4 is 9.47 Å². The van der Waals surface area contributed by atoms with E-state index in [0.717, 1.165) is 30.8 Å². The first kappa shape index (κ1) is 18.8. The molecule has 1 aliphatic rings. The van der Waals surface area contributed by atoms with Crippen LogP contribution >= 0.6 is 0 Å². The summed E-state index contributed by atoms with van der Waals surface area (Å²) in [5.74, 6) is 1.66. The molecule has 0 fully saturated rings. The molecule has 0 bridgehead atoms. The van der Waals surface area contributed by atoms with Gasteiger partial charge >= 0.3 is 0 Å². The van der Waals surface area contributed by atoms with Crippen LogP contribution in [0.1, 0.15) is 33.1 Å². The fourth-order valence-electron chi connectivity index (χ4n) is 2.76. The maximum Gasteiger partial charge on any atom is 0.177 e. The van der Waals surface area contributed by atoms with Gasteiger partial charge in [0.25, 0.3) is 0 Å². The Balaban J connectivity index is 1.81. The summed E-state index contributed by atoms with van der Waals surface area (Å²) in [5.41, 5.74) is 0.676. The Hall–Kier alpha value is -1.56. The molecule has 2 atom stereocenters. The van der Waals surface area contributed by atoms with Crippen molar-refractivity contribution in [1.29, 1.82) is 0 Å². The first-order valence-corrected chi connectivity index (χ1v) is 8.45. The van der Waals surface area contributed by atoms with E-state index in [4.69, 9.17) is 18.9 Å². The Bertz CT molecular complexity index is 525. The van der Waals surface area contributed by atoms with Gasteiger partial charge in [0.1, 0.15) is 11.5 Å². The minimum Gasteiger partial charge on any atom is -0.497 e. The van der Waals surface area contributed by atoms with E-state index in [0.29, 0.717) is 13.2 Å². The lowest BCUT2D eigenvalue weighted by Crippen LogP contribution is -2.41. The normalized spacial score (nSPS) is 23.7. The van der Waals surface area contributed by atoms with Gasteiger partial charge in [-0.1, -0.05) is 5.57 Å². The third-order valence-corrected chi connectivity index (χ3v) is 4.01. The van der Waals surface area contributed by atoms with Gasteiger partial charge in [-0.05, 0) is 63.5 Å². The highest BCUT2D eigenvalue weighted by atomic mass is 16.7. The van der Waals surface area contributed by atoms with Gasteiger partial charge < -0.3 is 24.1 Å². The van der Waals surface area contributed by atoms with Gasteiger partial charge in [-0.15, -0.1) is 0 Å². The molecule has 0 aromatic heterocycles. The zero-order chi connectivity index (χ0) is 17.4. The second-order valence-corrected chi connectivity index (χ2v) is 6.18. The predicted octanol–water partition coefficient (Wildman–Crippen LogP) is 3.31. The number of rotatable bonds is 9. The molecule has 0 radical (unpaired) electrons. The van der Waals surface area contributed by atoms with Gasteiger partial charge in [0.2, 0.25) is 0 Å². The van der Waals surface area contributed by atoms with Crippen molar-refractivity contribution >= 4 is 0 Å². The van der Waals surface area contributed by atoms with Crippen LogP contribution in [0.2, 0.25) is 0 Å². The molecule has 0 amide bonds. The van der Waals surface area contributed by atoms with Gasteiger partial charge in [0.15, 0.2) is 6.29 Å². The summed E-state index contributed by atoms with van der Waals surface area (Å²) in [6, 6.07) is 7.58. The van der Waals surface area contributed by atoms with E-state index >= 15 is 0 Å². The molecule has 0 unspecified atom stereocenters. The highest BCUT2D eigenvalue weighted by Crippen LogP contribution is 2.31. The van der Waals surface area contributed by atoms with Crippen LogP contribution in [0, 0.1) is 0 Å². The van der Waals surface area contributed by atoms with Crippen LogP contribution in [-0.2, 0) is 9.47 Å². The fourth-order valence-corrected chi connectivity index (χ4v) is 2.76. The van der Waals surface area contributed by atoms with Crippen LogP contribution in [0.15, 0.2) is 35.9 Å². The van der Waals surface area contributed by atoms with Crippen molar-refractivity contribution < 1.29 is 24.1 Å². The molecule has 0 saturated carbocycles. The zero-order valence-corrected chi connectivity index (χ0v) is 14.8. The number of hydrogen-bond donors (Lipinski definition) is 1. The number of benzene rings is 1. The summed E-state index contributed by atoms with van der Waals surface area (Å²) in [7, 11) is 1.65. The second kappa shape index (κ2) is 9.06. The summed E-state index contributed by atoms with van der Waals surface area (Å²) in [4.78, 5) is 0. The first-order valence-electron chi connectivity index (χ1n) is 8.45. The molecular weight excluding hydrogens is 308 g/mol. The molecule has 0 spiro atoms. The molecule has 1 aromatic carbocycles. The van der Waals surface area contributed by atoms with Crippen LogP contribution in [-0.4, -0.2) is 43.9 Å². The number of methoxy groups -OCH3 is 1. The summed E-state index contributed by atoms with van der Waals surface area (Å²) < 4.78 is 22.2. The predicted molar refractivity (Wildman–Crippen MR) is 92.4 cm³/mol. The topological polar surface area (TPSA) is 57.2 Å². The molecule has 0 saturated heterocycles. The molecule has 1 aromatic rings. The SMILES string of the molecule is CCO[C@@H]1C=C(CCCOc2ccc(OC)cc2)C[C@@](C)(CO)O1. The summed E-state index contributed by atoms with van der Waals surface area (Å²) in [5, 5.41) is 9.57. The molecule has 0 aliphatic carbocycles. The van der Waals surface area contributed by atoms with Crippen molar-refractivity contribution in [3.05, 3.63) is 35.9 Å². The molecule has 1 heterocycles. The number of ether oxygens (including phenoxy) is 4. The highest BCUT2D eigenvalue weighted by molar-refractivity contribution is 5.31. The van der Waals surface area contributed by atoms with Gasteiger partial charge in [0, 0.05) is 6.61 Å². The maximum atomic E-state index is 9.57. The van der Waals surface area contributed by atoms with Crippen molar-refractivity contribution in [2.75, 3.05) is 26.9 Å². The van der Waals surface area contributed by atoms with E-state index in [9.17, 15) is 5.11 Å². The summed E-state index contributed by atoms with van der Waals surface area (Å²) in [6.45, 7) is 5.05. The first-order chi connectivity index (χ1) is 11.6. The van der Waals surface area contributed by atoms with Crippen LogP contribution in [0.25, 0.3) is 0 Å². The Morgan fingerprint density at radius 3 is 2.58 bits per heavy atom. The lowest BCUT2D eigenvalue weighted by molar-refractivity contribution is -0.198. The van der Waals surface area contributed by atoms with Gasteiger partial charge in [0.05, 0.1) is 25.9 Å². The largest absolute Gasteiger partial charge is 0.497 e. The van der Waals surface area contributed by atoms with E-state index in [1.54, 1.807) is 7.11 Å². The molecule has 2 rings (SSSR count). The van der Waals surface area contributed by atoms with E-state index in [2.05, 4.69) is 0 Å². The lowest BCUT2D eigenvalue weighted by atomic mass is 9.91. The second-order valence-electron chi connectivity index (χ2n) is 6.18. The molecule has 1 N–H and O–H groups in total. The Morgan fingerprint density at radius 1 is 1.25 bits per heavy atom. The summed E-state index contributed by atoms with van der Waals surface area (Å²) in [6.07, 6.45) is 4.17. The minimum atomic E-state index is -0.569. The van der Waals surface area contributed by atoms with Crippen molar-refractivity contribution in [1.82, 2.24) is 0 Å². The highest BCUT2D eigenvalue weighted by Gasteiger charge is 2.33. The van der Waals surface area contributed by atoms with E-state index in [-0.39, 0.29) is 12.9 Å². The summed E-state index contributed by atoms with van der Waals surface area (Å²) >= 11 is 0. The molecule has 5 heteroatoms. The average molecular weight is 336 g/mol.